The first kappa shape index (κ1) is 10.1. The van der Waals surface area contributed by atoms with Crippen molar-refractivity contribution in [3.63, 3.8) is 0 Å². The Kier molecular flexibility index (Phi) is 3.20. The van der Waals surface area contributed by atoms with E-state index in [2.05, 4.69) is 27.7 Å². The molecule has 0 aromatic carbocycles. The molecule has 0 heterocycles. The SMILES string of the molecule is CC[C@H]1CC[C@@H](C(C)(C)C)CC1. The molecule has 0 unspecified atom stereocenters. The largest absolute Gasteiger partial charge is 0.0651 e. The third kappa shape index (κ3) is 2.50. The molecule has 1 rings (SSSR count). The van der Waals surface area contributed by atoms with E-state index < -0.39 is 0 Å². The molecule has 0 aromatic rings. The van der Waals surface area contributed by atoms with Gasteiger partial charge in [-0.05, 0) is 30.1 Å². The van der Waals surface area contributed by atoms with Crippen LogP contribution in [0.25, 0.3) is 0 Å². The van der Waals surface area contributed by atoms with Crippen LogP contribution in [0.2, 0.25) is 0 Å². The lowest BCUT2D eigenvalue weighted by atomic mass is 9.69. The molecule has 1 saturated carbocycles. The molecule has 1 aliphatic carbocycles. The summed E-state index contributed by atoms with van der Waals surface area (Å²) in [5, 5.41) is 0. The molecule has 0 saturated heterocycles. The van der Waals surface area contributed by atoms with E-state index in [1.54, 1.807) is 0 Å². The second-order valence-electron chi connectivity index (χ2n) is 5.49. The van der Waals surface area contributed by atoms with Crippen molar-refractivity contribution in [2.24, 2.45) is 17.3 Å². The molecule has 0 spiro atoms. The quantitative estimate of drug-likeness (QED) is 0.549. The van der Waals surface area contributed by atoms with Crippen molar-refractivity contribution in [1.82, 2.24) is 0 Å². The first-order valence-electron chi connectivity index (χ1n) is 5.54. The Morgan fingerprint density at radius 1 is 1.00 bits per heavy atom. The summed E-state index contributed by atoms with van der Waals surface area (Å²) < 4.78 is 0. The maximum atomic E-state index is 2.39. The fraction of sp³-hybridized carbons (Fsp3) is 1.00. The predicted octanol–water partition coefficient (Wildman–Crippen LogP) is 4.25. The lowest BCUT2D eigenvalue weighted by molar-refractivity contribution is 0.148. The molecule has 12 heavy (non-hydrogen) atoms. The zero-order chi connectivity index (χ0) is 9.19. The van der Waals surface area contributed by atoms with E-state index in [4.69, 9.17) is 0 Å². The summed E-state index contributed by atoms with van der Waals surface area (Å²) in [6.45, 7) is 9.51. The highest BCUT2D eigenvalue weighted by molar-refractivity contribution is 4.79. The highest BCUT2D eigenvalue weighted by Gasteiger charge is 2.28. The average molecular weight is 168 g/mol. The van der Waals surface area contributed by atoms with E-state index >= 15 is 0 Å². The summed E-state index contributed by atoms with van der Waals surface area (Å²) >= 11 is 0. The Morgan fingerprint density at radius 3 is 1.83 bits per heavy atom. The summed E-state index contributed by atoms with van der Waals surface area (Å²) in [5.41, 5.74) is 0.554. The van der Waals surface area contributed by atoms with Gasteiger partial charge in [-0.3, -0.25) is 0 Å². The minimum Gasteiger partial charge on any atom is -0.0651 e. The van der Waals surface area contributed by atoms with Crippen molar-refractivity contribution in [2.45, 2.75) is 59.8 Å². The van der Waals surface area contributed by atoms with Gasteiger partial charge in [0, 0.05) is 0 Å². The molecule has 0 nitrogen and oxygen atoms in total. The van der Waals surface area contributed by atoms with Crippen LogP contribution >= 0.6 is 0 Å². The van der Waals surface area contributed by atoms with Crippen molar-refractivity contribution in [3.05, 3.63) is 0 Å². The lowest BCUT2D eigenvalue weighted by Crippen LogP contribution is -2.25. The smallest absolute Gasteiger partial charge is 0.0354 e. The third-order valence-electron chi connectivity index (χ3n) is 3.65. The van der Waals surface area contributed by atoms with Crippen LogP contribution in [0.15, 0.2) is 0 Å². The number of hydrogen-bond donors (Lipinski definition) is 0. The second kappa shape index (κ2) is 3.81. The second-order valence-corrected chi connectivity index (χ2v) is 5.49. The lowest BCUT2D eigenvalue weighted by Gasteiger charge is -2.36. The first-order valence-corrected chi connectivity index (χ1v) is 5.54. The average Bonchev–Trinajstić information content (AvgIpc) is 2.03. The third-order valence-corrected chi connectivity index (χ3v) is 3.65. The van der Waals surface area contributed by atoms with Gasteiger partial charge < -0.3 is 0 Å². The van der Waals surface area contributed by atoms with Gasteiger partial charge in [0.25, 0.3) is 0 Å². The van der Waals surface area contributed by atoms with Gasteiger partial charge in [0.15, 0.2) is 0 Å². The van der Waals surface area contributed by atoms with E-state index in [-0.39, 0.29) is 0 Å². The highest BCUT2D eigenvalue weighted by Crippen LogP contribution is 2.40. The molecule has 0 N–H and O–H groups in total. The van der Waals surface area contributed by atoms with Crippen LogP contribution < -0.4 is 0 Å². The Hall–Kier alpha value is 0. The summed E-state index contributed by atoms with van der Waals surface area (Å²) in [6.07, 6.45) is 7.32. The Labute approximate surface area is 77.7 Å². The van der Waals surface area contributed by atoms with Gasteiger partial charge in [0.05, 0.1) is 0 Å². The van der Waals surface area contributed by atoms with E-state index in [1.165, 1.54) is 32.1 Å². The Bertz CT molecular complexity index is 121. The Morgan fingerprint density at radius 2 is 1.50 bits per heavy atom. The summed E-state index contributed by atoms with van der Waals surface area (Å²) in [5.74, 6) is 2.03. The summed E-state index contributed by atoms with van der Waals surface area (Å²) in [6, 6.07) is 0. The van der Waals surface area contributed by atoms with Crippen LogP contribution in [0.3, 0.4) is 0 Å². The molecule has 0 heteroatoms. The molecule has 0 bridgehead atoms. The van der Waals surface area contributed by atoms with Gasteiger partial charge in [-0.25, -0.2) is 0 Å². The van der Waals surface area contributed by atoms with Crippen molar-refractivity contribution in [2.75, 3.05) is 0 Å². The fourth-order valence-electron chi connectivity index (χ4n) is 2.44. The molecule has 0 radical (unpaired) electrons. The van der Waals surface area contributed by atoms with Gasteiger partial charge in [0.2, 0.25) is 0 Å². The van der Waals surface area contributed by atoms with Crippen molar-refractivity contribution in [1.29, 1.82) is 0 Å². The molecule has 1 fully saturated rings. The maximum absolute atomic E-state index is 2.39. The van der Waals surface area contributed by atoms with Crippen LogP contribution in [0.5, 0.6) is 0 Å². The van der Waals surface area contributed by atoms with Crippen LogP contribution in [-0.4, -0.2) is 0 Å². The predicted molar refractivity (Wildman–Crippen MR) is 55.2 cm³/mol. The van der Waals surface area contributed by atoms with E-state index in [1.807, 2.05) is 0 Å². The number of hydrogen-bond acceptors (Lipinski definition) is 0. The zero-order valence-corrected chi connectivity index (χ0v) is 9.19. The van der Waals surface area contributed by atoms with Crippen LogP contribution in [0, 0.1) is 17.3 Å². The van der Waals surface area contributed by atoms with Gasteiger partial charge >= 0.3 is 0 Å². The van der Waals surface area contributed by atoms with Crippen LogP contribution in [-0.2, 0) is 0 Å². The molecule has 0 aliphatic heterocycles. The van der Waals surface area contributed by atoms with Crippen molar-refractivity contribution >= 4 is 0 Å². The molecular weight excluding hydrogens is 144 g/mol. The summed E-state index contributed by atoms with van der Waals surface area (Å²) in [7, 11) is 0. The highest BCUT2D eigenvalue weighted by atomic mass is 14.3. The van der Waals surface area contributed by atoms with Crippen LogP contribution in [0.1, 0.15) is 59.8 Å². The Balaban J connectivity index is 2.36. The maximum Gasteiger partial charge on any atom is -0.0354 e. The molecule has 72 valence electrons. The van der Waals surface area contributed by atoms with Crippen LogP contribution in [0.4, 0.5) is 0 Å². The monoisotopic (exact) mass is 168 g/mol. The topological polar surface area (TPSA) is 0 Å². The standard InChI is InChI=1S/C12H24/c1-5-10-6-8-11(9-7-10)12(2,3)4/h10-11H,5-9H2,1-4H3/t10-,11+. The van der Waals surface area contributed by atoms with E-state index in [0.717, 1.165) is 11.8 Å². The molecule has 1 aliphatic rings. The first-order chi connectivity index (χ1) is 5.54. The number of rotatable bonds is 1. The van der Waals surface area contributed by atoms with Gasteiger partial charge in [-0.1, -0.05) is 47.0 Å². The van der Waals surface area contributed by atoms with Gasteiger partial charge in [-0.2, -0.15) is 0 Å². The van der Waals surface area contributed by atoms with Crippen molar-refractivity contribution < 1.29 is 0 Å². The van der Waals surface area contributed by atoms with Gasteiger partial charge in [-0.15, -0.1) is 0 Å². The molecule has 0 aromatic heterocycles. The summed E-state index contributed by atoms with van der Waals surface area (Å²) in [4.78, 5) is 0. The normalized spacial score (nSPS) is 32.0. The minimum atomic E-state index is 0.554. The zero-order valence-electron chi connectivity index (χ0n) is 9.19. The molecular formula is C12H24. The van der Waals surface area contributed by atoms with E-state index in [9.17, 15) is 0 Å². The fourth-order valence-corrected chi connectivity index (χ4v) is 2.44. The molecule has 0 atom stereocenters. The van der Waals surface area contributed by atoms with E-state index in [0.29, 0.717) is 5.41 Å². The minimum absolute atomic E-state index is 0.554. The van der Waals surface area contributed by atoms with Gasteiger partial charge in [0.1, 0.15) is 0 Å². The molecule has 0 amide bonds. The van der Waals surface area contributed by atoms with Crippen molar-refractivity contribution in [3.8, 4) is 0 Å².